The van der Waals surface area contributed by atoms with E-state index in [1.807, 2.05) is 11.8 Å². The van der Waals surface area contributed by atoms with Crippen LogP contribution in [0.15, 0.2) is 54.6 Å². The molecule has 1 saturated heterocycles. The number of morpholine rings is 1. The molecule has 1 aliphatic rings. The van der Waals surface area contributed by atoms with Gasteiger partial charge >= 0.3 is 12.2 Å². The van der Waals surface area contributed by atoms with Gasteiger partial charge < -0.3 is 20.3 Å². The van der Waals surface area contributed by atoms with Crippen molar-refractivity contribution in [3.8, 4) is 11.4 Å². The van der Waals surface area contributed by atoms with Crippen molar-refractivity contribution in [1.82, 2.24) is 15.3 Å². The second kappa shape index (κ2) is 11.8. The lowest BCUT2D eigenvalue weighted by molar-refractivity contribution is -0.137. The molecule has 1 aliphatic heterocycles. The number of ether oxygens (including phenoxy) is 1. The molecule has 3 aromatic rings. The Labute approximate surface area is 224 Å². The first-order valence-electron chi connectivity index (χ1n) is 12.1. The SMILES string of the molecule is CCNC(=O)Nc1ccc(-c2nc(C(c3ccccc3C(F)(F)F)=S(=O)=O)cc(N3CCOC[C@@H]3C)n2)cc1. The van der Waals surface area contributed by atoms with Crippen LogP contribution in [0.4, 0.5) is 29.5 Å². The number of rotatable bonds is 6. The molecule has 1 fully saturated rings. The lowest BCUT2D eigenvalue weighted by Crippen LogP contribution is -2.44. The number of hydrogen-bond donors (Lipinski definition) is 2. The van der Waals surface area contributed by atoms with Crippen molar-refractivity contribution < 1.29 is 31.1 Å². The third-order valence-corrected chi connectivity index (χ3v) is 6.75. The monoisotopic (exact) mass is 561 g/mol. The number of nitrogens with one attached hydrogen (secondary N) is 2. The van der Waals surface area contributed by atoms with Crippen LogP contribution in [0.2, 0.25) is 0 Å². The summed E-state index contributed by atoms with van der Waals surface area (Å²) in [6.07, 6.45) is -4.79. The minimum absolute atomic E-state index is 0.109. The molecule has 13 heteroatoms. The number of alkyl halides is 3. The maximum absolute atomic E-state index is 13.8. The molecule has 1 aromatic heterocycles. The van der Waals surface area contributed by atoms with Gasteiger partial charge in [-0.15, -0.1) is 0 Å². The number of amides is 2. The Kier molecular flexibility index (Phi) is 8.51. The first kappa shape index (κ1) is 28.0. The Morgan fingerprint density at radius 1 is 1.13 bits per heavy atom. The van der Waals surface area contributed by atoms with Gasteiger partial charge in [-0.3, -0.25) is 0 Å². The summed E-state index contributed by atoms with van der Waals surface area (Å²) in [4.78, 5) is 22.2. The summed E-state index contributed by atoms with van der Waals surface area (Å²) in [6.45, 7) is 5.38. The molecule has 0 spiro atoms. The van der Waals surface area contributed by atoms with Crippen molar-refractivity contribution in [3.05, 3.63) is 71.4 Å². The Balaban J connectivity index is 1.86. The van der Waals surface area contributed by atoms with Crippen molar-refractivity contribution >= 4 is 32.7 Å². The number of nitrogens with zero attached hydrogens (tertiary/aromatic N) is 3. The molecule has 39 heavy (non-hydrogen) atoms. The fraction of sp³-hybridized carbons (Fsp3) is 0.308. The third kappa shape index (κ3) is 6.55. The van der Waals surface area contributed by atoms with Crippen molar-refractivity contribution in [2.45, 2.75) is 26.1 Å². The van der Waals surface area contributed by atoms with E-state index < -0.39 is 32.5 Å². The van der Waals surface area contributed by atoms with Crippen LogP contribution in [0.1, 0.15) is 30.7 Å². The maximum Gasteiger partial charge on any atom is 0.417 e. The van der Waals surface area contributed by atoms with E-state index in [-0.39, 0.29) is 23.6 Å². The van der Waals surface area contributed by atoms with E-state index in [0.717, 1.165) is 12.1 Å². The quantitative estimate of drug-likeness (QED) is 0.346. The predicted octanol–water partition coefficient (Wildman–Crippen LogP) is 3.98. The molecule has 2 heterocycles. The third-order valence-electron chi connectivity index (χ3n) is 5.99. The van der Waals surface area contributed by atoms with Gasteiger partial charge in [0.2, 0.25) is 10.3 Å². The Morgan fingerprint density at radius 2 is 1.85 bits per heavy atom. The lowest BCUT2D eigenvalue weighted by Gasteiger charge is -2.34. The predicted molar refractivity (Wildman–Crippen MR) is 141 cm³/mol. The highest BCUT2D eigenvalue weighted by atomic mass is 32.2. The highest BCUT2D eigenvalue weighted by Crippen LogP contribution is 2.33. The van der Waals surface area contributed by atoms with Gasteiger partial charge in [-0.2, -0.15) is 21.6 Å². The molecule has 2 amide bonds. The first-order valence-corrected chi connectivity index (χ1v) is 13.2. The van der Waals surface area contributed by atoms with Crippen LogP contribution < -0.4 is 15.5 Å². The van der Waals surface area contributed by atoms with Crippen LogP contribution in [0.5, 0.6) is 0 Å². The van der Waals surface area contributed by atoms with Gasteiger partial charge in [0.15, 0.2) is 5.82 Å². The molecule has 2 N–H and O–H groups in total. The topological polar surface area (TPSA) is 114 Å². The lowest BCUT2D eigenvalue weighted by atomic mass is 10.0. The summed E-state index contributed by atoms with van der Waals surface area (Å²) >= 11 is 0. The molecule has 2 aromatic carbocycles. The van der Waals surface area contributed by atoms with Crippen molar-refractivity contribution in [1.29, 1.82) is 0 Å². The molecule has 0 unspecified atom stereocenters. The van der Waals surface area contributed by atoms with Gasteiger partial charge in [0, 0.05) is 36.0 Å². The number of aromatic nitrogens is 2. The molecule has 206 valence electrons. The maximum atomic E-state index is 13.8. The molecule has 1 atom stereocenters. The van der Waals surface area contributed by atoms with E-state index in [2.05, 4.69) is 20.6 Å². The van der Waals surface area contributed by atoms with Gasteiger partial charge in [-0.25, -0.2) is 14.8 Å². The number of benzene rings is 2. The molecule has 0 bridgehead atoms. The van der Waals surface area contributed by atoms with E-state index >= 15 is 0 Å². The normalized spacial score (nSPS) is 15.5. The van der Waals surface area contributed by atoms with Crippen molar-refractivity contribution in [2.24, 2.45) is 0 Å². The number of halogens is 3. The average Bonchev–Trinajstić information content (AvgIpc) is 2.89. The van der Waals surface area contributed by atoms with Crippen molar-refractivity contribution in [3.63, 3.8) is 0 Å². The van der Waals surface area contributed by atoms with Crippen LogP contribution in [0.3, 0.4) is 0 Å². The summed E-state index contributed by atoms with van der Waals surface area (Å²) in [6, 6.07) is 11.8. The van der Waals surface area contributed by atoms with Gasteiger partial charge in [0.05, 0.1) is 30.5 Å². The fourth-order valence-electron chi connectivity index (χ4n) is 4.17. The molecular formula is C26H26F3N5O4S. The molecule has 0 saturated carbocycles. The first-order chi connectivity index (χ1) is 18.6. The Bertz CT molecular complexity index is 1490. The second-order valence-electron chi connectivity index (χ2n) is 8.72. The zero-order chi connectivity index (χ0) is 28.2. The highest BCUT2D eigenvalue weighted by Gasteiger charge is 2.35. The standard InChI is InChI=1S/C26H26F3N5O4S/c1-3-30-25(35)31-18-10-8-17(9-11-18)24-32-21(14-22(33-24)34-12-13-38-15-16(34)2)23(39(36)37)19-6-4-5-7-20(19)26(27,28)29/h4-11,14,16H,3,12-13,15H2,1-2H3,(H2,30,31,35)/t16-/m0/s1. The average molecular weight is 562 g/mol. The van der Waals surface area contributed by atoms with Gasteiger partial charge in [-0.1, -0.05) is 18.2 Å². The minimum atomic E-state index is -4.79. The van der Waals surface area contributed by atoms with Crippen LogP contribution in [-0.2, 0) is 21.2 Å². The number of anilines is 2. The van der Waals surface area contributed by atoms with Gasteiger partial charge in [0.25, 0.3) is 0 Å². The number of carbonyl (C=O) groups excluding carboxylic acids is 1. The number of urea groups is 1. The zero-order valence-electron chi connectivity index (χ0n) is 21.1. The van der Waals surface area contributed by atoms with E-state index in [1.54, 1.807) is 31.2 Å². The summed E-state index contributed by atoms with van der Waals surface area (Å²) in [7, 11) is -3.07. The summed E-state index contributed by atoms with van der Waals surface area (Å²) in [5.41, 5.74) is -0.810. The molecule has 4 rings (SSSR count). The molecule has 9 nitrogen and oxygen atoms in total. The summed E-state index contributed by atoms with van der Waals surface area (Å²) in [5.74, 6) is 0.459. The summed E-state index contributed by atoms with van der Waals surface area (Å²) in [5, 5.41) is 5.29. The molecule has 0 aliphatic carbocycles. The smallest absolute Gasteiger partial charge is 0.377 e. The van der Waals surface area contributed by atoms with E-state index in [4.69, 9.17) is 4.74 Å². The number of hydrogen-bond acceptors (Lipinski definition) is 7. The Hall–Kier alpha value is -3.97. The molecular weight excluding hydrogens is 535 g/mol. The zero-order valence-corrected chi connectivity index (χ0v) is 21.9. The fourth-order valence-corrected chi connectivity index (χ4v) is 4.81. The van der Waals surface area contributed by atoms with Crippen LogP contribution in [0.25, 0.3) is 11.4 Å². The van der Waals surface area contributed by atoms with E-state index in [0.29, 0.717) is 43.4 Å². The van der Waals surface area contributed by atoms with E-state index in [9.17, 15) is 26.4 Å². The molecule has 0 radical (unpaired) electrons. The van der Waals surface area contributed by atoms with Gasteiger partial charge in [-0.05, 0) is 44.2 Å². The highest BCUT2D eigenvalue weighted by molar-refractivity contribution is 7.74. The second-order valence-corrected chi connectivity index (χ2v) is 9.60. The van der Waals surface area contributed by atoms with Crippen LogP contribution in [-0.4, -0.2) is 61.6 Å². The minimum Gasteiger partial charge on any atom is -0.377 e. The van der Waals surface area contributed by atoms with Crippen LogP contribution in [0, 0.1) is 0 Å². The Morgan fingerprint density at radius 3 is 2.49 bits per heavy atom. The van der Waals surface area contributed by atoms with Crippen LogP contribution >= 0.6 is 0 Å². The van der Waals surface area contributed by atoms with Crippen molar-refractivity contribution in [2.75, 3.05) is 36.5 Å². The largest absolute Gasteiger partial charge is 0.417 e. The summed E-state index contributed by atoms with van der Waals surface area (Å²) < 4.78 is 71.8. The van der Waals surface area contributed by atoms with E-state index in [1.165, 1.54) is 18.2 Å². The van der Waals surface area contributed by atoms with Gasteiger partial charge in [0.1, 0.15) is 10.7 Å². The number of carbonyl (C=O) groups is 1.